The van der Waals surface area contributed by atoms with Crippen LogP contribution >= 0.6 is 0 Å². The number of hydrogen-bond acceptors (Lipinski definition) is 2. The second-order valence-electron chi connectivity index (χ2n) is 5.54. The van der Waals surface area contributed by atoms with Crippen LogP contribution in [0, 0.1) is 20.8 Å². The molecule has 0 aliphatic heterocycles. The smallest absolute Gasteiger partial charge is 0.304 e. The average molecular weight is 263 g/mol. The molecule has 0 aliphatic carbocycles. The Hall–Kier alpha value is -1.35. The Morgan fingerprint density at radius 1 is 1.21 bits per heavy atom. The Bertz CT molecular complexity index is 454. The molecule has 1 unspecified atom stereocenters. The molecule has 0 bridgehead atoms. The van der Waals surface area contributed by atoms with Gasteiger partial charge in [-0.1, -0.05) is 12.1 Å². The van der Waals surface area contributed by atoms with Gasteiger partial charge < -0.3 is 10.0 Å². The number of carboxylic acid groups (broad SMARTS) is 1. The van der Waals surface area contributed by atoms with Gasteiger partial charge in [0, 0.05) is 12.6 Å². The Morgan fingerprint density at radius 3 is 2.37 bits per heavy atom. The summed E-state index contributed by atoms with van der Waals surface area (Å²) in [7, 11) is 1.99. The molecule has 3 nitrogen and oxygen atoms in total. The first-order valence-corrected chi connectivity index (χ1v) is 6.80. The fourth-order valence-electron chi connectivity index (χ4n) is 2.22. The fraction of sp³-hybridized carbons (Fsp3) is 0.562. The van der Waals surface area contributed by atoms with Gasteiger partial charge in [0.1, 0.15) is 0 Å². The molecular weight excluding hydrogens is 238 g/mol. The third-order valence-electron chi connectivity index (χ3n) is 3.91. The molecule has 1 aromatic rings. The van der Waals surface area contributed by atoms with E-state index in [4.69, 9.17) is 5.11 Å². The van der Waals surface area contributed by atoms with Crippen molar-refractivity contribution in [1.29, 1.82) is 0 Å². The highest BCUT2D eigenvalue weighted by molar-refractivity contribution is 5.67. The molecule has 1 rings (SSSR count). The molecule has 3 heteroatoms. The Morgan fingerprint density at radius 2 is 1.79 bits per heavy atom. The van der Waals surface area contributed by atoms with E-state index in [-0.39, 0.29) is 12.5 Å². The van der Waals surface area contributed by atoms with Crippen LogP contribution in [0.3, 0.4) is 0 Å². The molecule has 0 aromatic heterocycles. The zero-order chi connectivity index (χ0) is 14.6. The normalized spacial score (nSPS) is 12.7. The van der Waals surface area contributed by atoms with Crippen LogP contribution in [-0.2, 0) is 11.2 Å². The zero-order valence-electron chi connectivity index (χ0n) is 12.7. The van der Waals surface area contributed by atoms with Gasteiger partial charge >= 0.3 is 5.97 Å². The highest BCUT2D eigenvalue weighted by Gasteiger charge is 2.13. The van der Waals surface area contributed by atoms with E-state index in [9.17, 15) is 4.79 Å². The van der Waals surface area contributed by atoms with Crippen molar-refractivity contribution >= 4 is 5.97 Å². The molecule has 1 aromatic carbocycles. The van der Waals surface area contributed by atoms with E-state index in [0.717, 1.165) is 13.0 Å². The van der Waals surface area contributed by atoms with Crippen LogP contribution in [0.5, 0.6) is 0 Å². The number of rotatable bonds is 6. The summed E-state index contributed by atoms with van der Waals surface area (Å²) < 4.78 is 0. The predicted octanol–water partition coefficient (Wildman–Crippen LogP) is 2.95. The van der Waals surface area contributed by atoms with E-state index < -0.39 is 5.97 Å². The highest BCUT2D eigenvalue weighted by Crippen LogP contribution is 2.16. The number of nitrogens with zero attached hydrogens (tertiary/aromatic N) is 1. The number of benzene rings is 1. The molecule has 0 aliphatic rings. The first-order chi connectivity index (χ1) is 8.81. The van der Waals surface area contributed by atoms with Crippen LogP contribution in [-0.4, -0.2) is 35.6 Å². The van der Waals surface area contributed by atoms with Crippen LogP contribution in [0.15, 0.2) is 12.1 Å². The lowest BCUT2D eigenvalue weighted by molar-refractivity contribution is -0.138. The van der Waals surface area contributed by atoms with Crippen molar-refractivity contribution in [1.82, 2.24) is 4.90 Å². The van der Waals surface area contributed by atoms with Crippen molar-refractivity contribution in [3.63, 3.8) is 0 Å². The Kier molecular flexibility index (Phi) is 5.55. The maximum atomic E-state index is 10.7. The molecule has 106 valence electrons. The number of carbonyl (C=O) groups is 1. The minimum atomic E-state index is -0.735. The van der Waals surface area contributed by atoms with Gasteiger partial charge in [-0.15, -0.1) is 0 Å². The average Bonchev–Trinajstić information content (AvgIpc) is 2.30. The topological polar surface area (TPSA) is 40.5 Å². The van der Waals surface area contributed by atoms with Crippen molar-refractivity contribution in [3.05, 3.63) is 34.4 Å². The van der Waals surface area contributed by atoms with E-state index in [2.05, 4.69) is 37.8 Å². The summed E-state index contributed by atoms with van der Waals surface area (Å²) >= 11 is 0. The third-order valence-corrected chi connectivity index (χ3v) is 3.91. The molecule has 19 heavy (non-hydrogen) atoms. The lowest BCUT2D eigenvalue weighted by atomic mass is 9.98. The summed E-state index contributed by atoms with van der Waals surface area (Å²) in [5.74, 6) is -0.735. The van der Waals surface area contributed by atoms with Crippen molar-refractivity contribution in [2.24, 2.45) is 0 Å². The highest BCUT2D eigenvalue weighted by atomic mass is 16.4. The summed E-state index contributed by atoms with van der Waals surface area (Å²) in [5.41, 5.74) is 5.33. The largest absolute Gasteiger partial charge is 0.481 e. The van der Waals surface area contributed by atoms with Gasteiger partial charge in [0.2, 0.25) is 0 Å². The molecular formula is C16H25NO2. The molecule has 1 atom stereocenters. The second kappa shape index (κ2) is 6.71. The molecule has 0 saturated carbocycles. The van der Waals surface area contributed by atoms with E-state index >= 15 is 0 Å². The number of aryl methyl sites for hydroxylation is 3. The maximum absolute atomic E-state index is 10.7. The minimum absolute atomic E-state index is 0.0735. The van der Waals surface area contributed by atoms with Gasteiger partial charge in [0.25, 0.3) is 0 Å². The fourth-order valence-corrected chi connectivity index (χ4v) is 2.22. The van der Waals surface area contributed by atoms with E-state index in [1.807, 2.05) is 14.0 Å². The standard InChI is InChI=1S/C16H25NO2/c1-11-8-13(3)15(9-12(11)2)6-7-17(5)14(4)10-16(18)19/h8-9,14H,6-7,10H2,1-5H3,(H,18,19). The van der Waals surface area contributed by atoms with Gasteiger partial charge in [0.05, 0.1) is 6.42 Å². The maximum Gasteiger partial charge on any atom is 0.304 e. The summed E-state index contributed by atoms with van der Waals surface area (Å²) in [6, 6.07) is 4.55. The summed E-state index contributed by atoms with van der Waals surface area (Å²) in [6.45, 7) is 9.25. The number of carboxylic acids is 1. The van der Waals surface area contributed by atoms with Crippen molar-refractivity contribution < 1.29 is 9.90 Å². The predicted molar refractivity (Wildman–Crippen MR) is 78.7 cm³/mol. The SMILES string of the molecule is Cc1cc(C)c(CCN(C)C(C)CC(=O)O)cc1C. The van der Waals surface area contributed by atoms with Gasteiger partial charge in [-0.3, -0.25) is 4.79 Å². The molecule has 1 N–H and O–H groups in total. The first kappa shape index (κ1) is 15.7. The van der Waals surface area contributed by atoms with Gasteiger partial charge in [0.15, 0.2) is 0 Å². The van der Waals surface area contributed by atoms with E-state index in [1.54, 1.807) is 0 Å². The van der Waals surface area contributed by atoms with Gasteiger partial charge in [-0.2, -0.15) is 0 Å². The van der Waals surface area contributed by atoms with Crippen molar-refractivity contribution in [2.45, 2.75) is 46.6 Å². The van der Waals surface area contributed by atoms with Gasteiger partial charge in [-0.25, -0.2) is 0 Å². The lowest BCUT2D eigenvalue weighted by Gasteiger charge is -2.23. The molecule has 0 amide bonds. The quantitative estimate of drug-likeness (QED) is 0.858. The monoisotopic (exact) mass is 263 g/mol. The van der Waals surface area contributed by atoms with Crippen molar-refractivity contribution in [2.75, 3.05) is 13.6 Å². The second-order valence-corrected chi connectivity index (χ2v) is 5.54. The molecule has 0 heterocycles. The lowest BCUT2D eigenvalue weighted by Crippen LogP contribution is -2.32. The molecule has 0 fully saturated rings. The summed E-state index contributed by atoms with van der Waals surface area (Å²) in [4.78, 5) is 12.8. The number of aliphatic carboxylic acids is 1. The third kappa shape index (κ3) is 4.67. The Balaban J connectivity index is 2.61. The first-order valence-electron chi connectivity index (χ1n) is 6.80. The molecule has 0 spiro atoms. The summed E-state index contributed by atoms with van der Waals surface area (Å²) in [6.07, 6.45) is 1.16. The van der Waals surface area contributed by atoms with E-state index in [0.29, 0.717) is 0 Å². The van der Waals surface area contributed by atoms with Gasteiger partial charge in [-0.05, 0) is 63.4 Å². The van der Waals surface area contributed by atoms with Crippen LogP contribution in [0.1, 0.15) is 35.6 Å². The minimum Gasteiger partial charge on any atom is -0.481 e. The van der Waals surface area contributed by atoms with Crippen LogP contribution < -0.4 is 0 Å². The van der Waals surface area contributed by atoms with Crippen LogP contribution in [0.2, 0.25) is 0 Å². The zero-order valence-corrected chi connectivity index (χ0v) is 12.7. The summed E-state index contributed by atoms with van der Waals surface area (Å²) in [5, 5.41) is 8.80. The number of likely N-dealkylation sites (N-methyl/N-ethyl adjacent to an activating group) is 1. The van der Waals surface area contributed by atoms with Crippen molar-refractivity contribution in [3.8, 4) is 0 Å². The molecule has 0 saturated heterocycles. The molecule has 0 radical (unpaired) electrons. The Labute approximate surface area is 116 Å². The number of hydrogen-bond donors (Lipinski definition) is 1. The van der Waals surface area contributed by atoms with Crippen LogP contribution in [0.4, 0.5) is 0 Å². The van der Waals surface area contributed by atoms with Crippen LogP contribution in [0.25, 0.3) is 0 Å². The van der Waals surface area contributed by atoms with E-state index in [1.165, 1.54) is 22.3 Å².